The summed E-state index contributed by atoms with van der Waals surface area (Å²) in [6.07, 6.45) is 0.522. The topological polar surface area (TPSA) is 26.3 Å². The highest BCUT2D eigenvalue weighted by atomic mass is 19.1. The molecule has 0 spiro atoms. The van der Waals surface area contributed by atoms with Crippen molar-refractivity contribution >= 4 is 6.29 Å². The maximum absolute atomic E-state index is 13.2. The minimum absolute atomic E-state index is 0.158. The van der Waals surface area contributed by atoms with Crippen molar-refractivity contribution in [2.45, 2.75) is 6.92 Å². The molecule has 2 nitrogen and oxygen atoms in total. The zero-order valence-corrected chi connectivity index (χ0v) is 9.61. The molecule has 18 heavy (non-hydrogen) atoms. The molecule has 2 rings (SSSR count). The van der Waals surface area contributed by atoms with Gasteiger partial charge in [-0.15, -0.1) is 0 Å². The van der Waals surface area contributed by atoms with E-state index >= 15 is 0 Å². The van der Waals surface area contributed by atoms with Gasteiger partial charge in [0.15, 0.2) is 0 Å². The molecule has 2 aromatic carbocycles. The molecule has 0 aromatic heterocycles. The zero-order chi connectivity index (χ0) is 13.1. The van der Waals surface area contributed by atoms with E-state index in [1.54, 1.807) is 13.0 Å². The lowest BCUT2D eigenvalue weighted by atomic mass is 10.2. The number of aldehydes is 1. The molecule has 4 heteroatoms. The van der Waals surface area contributed by atoms with Crippen LogP contribution in [0, 0.1) is 18.6 Å². The highest BCUT2D eigenvalue weighted by Gasteiger charge is 2.06. The SMILES string of the molecule is Cc1ccc(F)cc1Oc1cc(F)cc(C=O)c1. The summed E-state index contributed by atoms with van der Waals surface area (Å²) in [5.41, 5.74) is 0.882. The summed E-state index contributed by atoms with van der Waals surface area (Å²) in [4.78, 5) is 10.6. The third kappa shape index (κ3) is 2.71. The molecule has 0 N–H and O–H groups in total. The van der Waals surface area contributed by atoms with E-state index in [-0.39, 0.29) is 17.1 Å². The maximum atomic E-state index is 13.2. The third-order valence-corrected chi connectivity index (χ3v) is 2.41. The Balaban J connectivity index is 2.36. The van der Waals surface area contributed by atoms with Crippen LogP contribution in [0.5, 0.6) is 11.5 Å². The minimum atomic E-state index is -0.580. The molecule has 0 heterocycles. The quantitative estimate of drug-likeness (QED) is 0.770. The van der Waals surface area contributed by atoms with Gasteiger partial charge < -0.3 is 4.74 Å². The maximum Gasteiger partial charge on any atom is 0.150 e. The molecule has 0 fully saturated rings. The van der Waals surface area contributed by atoms with Crippen LogP contribution >= 0.6 is 0 Å². The molecule has 2 aromatic rings. The molecule has 0 amide bonds. The molecule has 0 bridgehead atoms. The van der Waals surface area contributed by atoms with Crippen molar-refractivity contribution in [2.75, 3.05) is 0 Å². The Bertz CT molecular complexity index is 594. The number of ether oxygens (including phenoxy) is 1. The Kier molecular flexibility index (Phi) is 3.37. The van der Waals surface area contributed by atoms with E-state index in [1.165, 1.54) is 18.2 Å². The number of benzene rings is 2. The summed E-state index contributed by atoms with van der Waals surface area (Å²) in [5.74, 6) is -0.575. The lowest BCUT2D eigenvalue weighted by Gasteiger charge is -2.09. The van der Waals surface area contributed by atoms with Crippen LogP contribution in [0.15, 0.2) is 36.4 Å². The van der Waals surface area contributed by atoms with E-state index in [4.69, 9.17) is 4.74 Å². The fourth-order valence-corrected chi connectivity index (χ4v) is 1.52. The molecule has 0 atom stereocenters. The zero-order valence-electron chi connectivity index (χ0n) is 9.61. The van der Waals surface area contributed by atoms with Crippen molar-refractivity contribution in [3.05, 3.63) is 59.2 Å². The summed E-state index contributed by atoms with van der Waals surface area (Å²) < 4.78 is 31.6. The lowest BCUT2D eigenvalue weighted by molar-refractivity contribution is 0.112. The number of hydrogen-bond donors (Lipinski definition) is 0. The molecule has 0 unspecified atom stereocenters. The van der Waals surface area contributed by atoms with Crippen LogP contribution in [0.4, 0.5) is 8.78 Å². The number of halogens is 2. The van der Waals surface area contributed by atoms with Crippen molar-refractivity contribution in [2.24, 2.45) is 0 Å². The Hall–Kier alpha value is -2.23. The van der Waals surface area contributed by atoms with Crippen molar-refractivity contribution in [1.29, 1.82) is 0 Å². The molecule has 0 aliphatic heterocycles. The largest absolute Gasteiger partial charge is 0.457 e. The average molecular weight is 248 g/mol. The summed E-state index contributed by atoms with van der Waals surface area (Å²) >= 11 is 0. The highest BCUT2D eigenvalue weighted by Crippen LogP contribution is 2.26. The van der Waals surface area contributed by atoms with Crippen LogP contribution in [0.25, 0.3) is 0 Å². The molecular formula is C14H10F2O2. The third-order valence-electron chi connectivity index (χ3n) is 2.41. The van der Waals surface area contributed by atoms with Gasteiger partial charge in [0.05, 0.1) is 0 Å². The molecule has 92 valence electrons. The van der Waals surface area contributed by atoms with Gasteiger partial charge in [0, 0.05) is 17.7 Å². The minimum Gasteiger partial charge on any atom is -0.457 e. The van der Waals surface area contributed by atoms with Crippen LogP contribution in [0.3, 0.4) is 0 Å². The van der Waals surface area contributed by atoms with Gasteiger partial charge in [0.2, 0.25) is 0 Å². The number of carbonyl (C=O) groups is 1. The first-order valence-electron chi connectivity index (χ1n) is 5.28. The van der Waals surface area contributed by atoms with E-state index in [0.29, 0.717) is 11.8 Å². The Morgan fingerprint density at radius 2 is 1.83 bits per heavy atom. The fourth-order valence-electron chi connectivity index (χ4n) is 1.52. The standard InChI is InChI=1S/C14H10F2O2/c1-9-2-3-11(15)7-14(9)18-13-5-10(8-17)4-12(16)6-13/h2-8H,1H3. The first-order valence-corrected chi connectivity index (χ1v) is 5.28. The summed E-state index contributed by atoms with van der Waals surface area (Å²) in [7, 11) is 0. The van der Waals surface area contributed by atoms with Crippen LogP contribution < -0.4 is 4.74 Å². The van der Waals surface area contributed by atoms with Gasteiger partial charge in [-0.25, -0.2) is 8.78 Å². The Morgan fingerprint density at radius 1 is 1.06 bits per heavy atom. The van der Waals surface area contributed by atoms with Crippen LogP contribution in [-0.2, 0) is 0 Å². The molecule has 0 aliphatic rings. The van der Waals surface area contributed by atoms with Gasteiger partial charge in [0.1, 0.15) is 29.4 Å². The van der Waals surface area contributed by atoms with Crippen molar-refractivity contribution in [1.82, 2.24) is 0 Å². The highest BCUT2D eigenvalue weighted by molar-refractivity contribution is 5.75. The molecule has 0 radical (unpaired) electrons. The first kappa shape index (κ1) is 12.2. The number of aryl methyl sites for hydroxylation is 1. The van der Waals surface area contributed by atoms with Gasteiger partial charge in [-0.3, -0.25) is 4.79 Å². The fraction of sp³-hybridized carbons (Fsp3) is 0.0714. The van der Waals surface area contributed by atoms with Gasteiger partial charge in [0.25, 0.3) is 0 Å². The second-order valence-electron chi connectivity index (χ2n) is 3.85. The lowest BCUT2D eigenvalue weighted by Crippen LogP contribution is -1.91. The predicted molar refractivity (Wildman–Crippen MR) is 63.0 cm³/mol. The predicted octanol–water partition coefficient (Wildman–Crippen LogP) is 3.88. The molecule has 0 saturated heterocycles. The van der Waals surface area contributed by atoms with Gasteiger partial charge >= 0.3 is 0 Å². The summed E-state index contributed by atoms with van der Waals surface area (Å²) in [6.45, 7) is 1.74. The van der Waals surface area contributed by atoms with E-state index < -0.39 is 11.6 Å². The Morgan fingerprint density at radius 3 is 2.56 bits per heavy atom. The number of rotatable bonds is 3. The number of carbonyl (C=O) groups excluding carboxylic acids is 1. The Labute approximate surface area is 103 Å². The smallest absolute Gasteiger partial charge is 0.150 e. The first-order chi connectivity index (χ1) is 8.58. The molecule has 0 aliphatic carbocycles. The van der Waals surface area contributed by atoms with Gasteiger partial charge in [-0.2, -0.15) is 0 Å². The van der Waals surface area contributed by atoms with Gasteiger partial charge in [-0.05, 0) is 30.7 Å². The van der Waals surface area contributed by atoms with Gasteiger partial charge in [-0.1, -0.05) is 6.07 Å². The molecule has 0 saturated carbocycles. The van der Waals surface area contributed by atoms with E-state index in [9.17, 15) is 13.6 Å². The summed E-state index contributed by atoms with van der Waals surface area (Å²) in [5, 5.41) is 0. The van der Waals surface area contributed by atoms with Crippen molar-refractivity contribution < 1.29 is 18.3 Å². The van der Waals surface area contributed by atoms with E-state index in [2.05, 4.69) is 0 Å². The van der Waals surface area contributed by atoms with Crippen molar-refractivity contribution in [3.63, 3.8) is 0 Å². The van der Waals surface area contributed by atoms with Crippen LogP contribution in [0.1, 0.15) is 15.9 Å². The second-order valence-corrected chi connectivity index (χ2v) is 3.85. The van der Waals surface area contributed by atoms with Crippen molar-refractivity contribution in [3.8, 4) is 11.5 Å². The van der Waals surface area contributed by atoms with Crippen LogP contribution in [0.2, 0.25) is 0 Å². The summed E-state index contributed by atoms with van der Waals surface area (Å²) in [6, 6.07) is 7.70. The van der Waals surface area contributed by atoms with Crippen LogP contribution in [-0.4, -0.2) is 6.29 Å². The molecular weight excluding hydrogens is 238 g/mol. The average Bonchev–Trinajstić information content (AvgIpc) is 2.33. The van der Waals surface area contributed by atoms with E-state index in [0.717, 1.165) is 12.1 Å². The number of hydrogen-bond acceptors (Lipinski definition) is 2. The monoisotopic (exact) mass is 248 g/mol. The van der Waals surface area contributed by atoms with E-state index in [1.807, 2.05) is 0 Å². The normalized spacial score (nSPS) is 10.2. The second kappa shape index (κ2) is 4.96.